The molecule has 1 saturated heterocycles. The van der Waals surface area contributed by atoms with Gasteiger partial charge in [-0.25, -0.2) is 8.42 Å². The van der Waals surface area contributed by atoms with Gasteiger partial charge in [-0.2, -0.15) is 4.31 Å². The van der Waals surface area contributed by atoms with Gasteiger partial charge >= 0.3 is 0 Å². The second-order valence-corrected chi connectivity index (χ2v) is 7.88. The van der Waals surface area contributed by atoms with Crippen LogP contribution in [0.15, 0.2) is 27.6 Å². The third-order valence-electron chi connectivity index (χ3n) is 3.80. The van der Waals surface area contributed by atoms with Gasteiger partial charge in [0.25, 0.3) is 0 Å². The number of hydrogen-bond donors (Lipinski definition) is 1. The van der Waals surface area contributed by atoms with E-state index in [2.05, 4.69) is 15.9 Å². The number of halogens is 1. The molecule has 21 heavy (non-hydrogen) atoms. The van der Waals surface area contributed by atoms with Gasteiger partial charge in [-0.1, -0.05) is 6.42 Å². The van der Waals surface area contributed by atoms with Gasteiger partial charge in [0.05, 0.1) is 16.5 Å². The highest BCUT2D eigenvalue weighted by molar-refractivity contribution is 9.10. The summed E-state index contributed by atoms with van der Waals surface area (Å²) in [5, 5.41) is 0. The van der Waals surface area contributed by atoms with Crippen molar-refractivity contribution in [3.63, 3.8) is 0 Å². The summed E-state index contributed by atoms with van der Waals surface area (Å²) in [6.45, 7) is 1.07. The highest BCUT2D eigenvalue weighted by Crippen LogP contribution is 2.31. The third-order valence-corrected chi connectivity index (χ3v) is 6.37. The smallest absolute Gasteiger partial charge is 0.243 e. The van der Waals surface area contributed by atoms with Crippen molar-refractivity contribution in [1.82, 2.24) is 4.31 Å². The van der Waals surface area contributed by atoms with E-state index in [-0.39, 0.29) is 6.04 Å². The number of nitrogens with zero attached hydrogens (tertiary/aromatic N) is 1. The normalized spacial score (nSPS) is 20.4. The molecule has 0 bridgehead atoms. The highest BCUT2D eigenvalue weighted by atomic mass is 79.9. The fraction of sp³-hybridized carbons (Fsp3) is 0.571. The standard InChI is InChI=1S/C14H21BrN2O3S/c1-20-14-6-5-12(10-13(14)15)21(18,19)17-9-3-2-4-11(17)7-8-16/h5-6,10-11H,2-4,7-9,16H2,1H3. The maximum atomic E-state index is 12.8. The van der Waals surface area contributed by atoms with Crippen LogP contribution in [0.1, 0.15) is 25.7 Å². The van der Waals surface area contributed by atoms with E-state index < -0.39 is 10.0 Å². The Labute approximate surface area is 134 Å². The summed E-state index contributed by atoms with van der Waals surface area (Å²) < 4.78 is 33.1. The Balaban J connectivity index is 2.33. The SMILES string of the molecule is COc1ccc(S(=O)(=O)N2CCCCC2CCN)cc1Br. The van der Waals surface area contributed by atoms with E-state index in [1.807, 2.05) is 0 Å². The minimum absolute atomic E-state index is 0.00891. The van der Waals surface area contributed by atoms with Gasteiger partial charge in [0.2, 0.25) is 10.0 Å². The van der Waals surface area contributed by atoms with E-state index in [1.165, 1.54) is 0 Å². The summed E-state index contributed by atoms with van der Waals surface area (Å²) >= 11 is 3.34. The van der Waals surface area contributed by atoms with Crippen molar-refractivity contribution >= 4 is 26.0 Å². The number of methoxy groups -OCH3 is 1. The van der Waals surface area contributed by atoms with Gasteiger partial charge < -0.3 is 10.5 Å². The van der Waals surface area contributed by atoms with Gasteiger partial charge in [-0.3, -0.25) is 0 Å². The van der Waals surface area contributed by atoms with Crippen LogP contribution >= 0.6 is 15.9 Å². The first-order chi connectivity index (χ1) is 10.0. The molecule has 0 saturated carbocycles. The van der Waals surface area contributed by atoms with E-state index in [1.54, 1.807) is 29.6 Å². The van der Waals surface area contributed by atoms with Gasteiger partial charge in [0.1, 0.15) is 5.75 Å². The summed E-state index contributed by atoms with van der Waals surface area (Å²) in [6, 6.07) is 4.86. The van der Waals surface area contributed by atoms with E-state index in [9.17, 15) is 8.42 Å². The van der Waals surface area contributed by atoms with Gasteiger partial charge in [0, 0.05) is 12.6 Å². The van der Waals surface area contributed by atoms with Crippen LogP contribution in [-0.2, 0) is 10.0 Å². The Hall–Kier alpha value is -0.630. The molecule has 0 spiro atoms. The summed E-state index contributed by atoms with van der Waals surface area (Å²) in [4.78, 5) is 0.291. The van der Waals surface area contributed by atoms with Gasteiger partial charge in [-0.15, -0.1) is 0 Å². The zero-order chi connectivity index (χ0) is 15.5. The Kier molecular flexibility index (Phi) is 5.65. The third kappa shape index (κ3) is 3.59. The minimum Gasteiger partial charge on any atom is -0.496 e. The molecule has 1 aromatic rings. The molecule has 1 aliphatic rings. The molecule has 2 rings (SSSR count). The average Bonchev–Trinajstić information content (AvgIpc) is 2.48. The van der Waals surface area contributed by atoms with Crippen molar-refractivity contribution < 1.29 is 13.2 Å². The molecule has 1 unspecified atom stereocenters. The Morgan fingerprint density at radius 2 is 2.19 bits per heavy atom. The lowest BCUT2D eigenvalue weighted by molar-refractivity contribution is 0.243. The first-order valence-corrected chi connectivity index (χ1v) is 9.29. The molecule has 7 heteroatoms. The molecule has 1 aromatic carbocycles. The Morgan fingerprint density at radius 1 is 1.43 bits per heavy atom. The number of sulfonamides is 1. The maximum absolute atomic E-state index is 12.8. The van der Waals surface area contributed by atoms with Crippen molar-refractivity contribution in [3.05, 3.63) is 22.7 Å². The summed E-state index contributed by atoms with van der Waals surface area (Å²) in [5.74, 6) is 0.617. The predicted octanol–water partition coefficient (Wildman–Crippen LogP) is 2.35. The zero-order valence-electron chi connectivity index (χ0n) is 12.1. The molecule has 1 aliphatic heterocycles. The Bertz CT molecular complexity index is 590. The van der Waals surface area contributed by atoms with E-state index in [4.69, 9.17) is 10.5 Å². The van der Waals surface area contributed by atoms with Crippen molar-refractivity contribution in [1.29, 1.82) is 0 Å². The second-order valence-electron chi connectivity index (χ2n) is 5.14. The van der Waals surface area contributed by atoms with E-state index in [0.717, 1.165) is 19.3 Å². The molecule has 0 aromatic heterocycles. The summed E-state index contributed by atoms with van der Waals surface area (Å²) in [6.07, 6.45) is 3.55. The molecule has 1 atom stereocenters. The lowest BCUT2D eigenvalue weighted by Gasteiger charge is -2.34. The quantitative estimate of drug-likeness (QED) is 0.855. The van der Waals surface area contributed by atoms with Crippen molar-refractivity contribution in [2.24, 2.45) is 5.73 Å². The van der Waals surface area contributed by atoms with Crippen LogP contribution in [0.3, 0.4) is 0 Å². The van der Waals surface area contributed by atoms with Gasteiger partial charge in [-0.05, 0) is 59.9 Å². The molecule has 2 N–H and O–H groups in total. The molecule has 5 nitrogen and oxygen atoms in total. The number of nitrogens with two attached hydrogens (primary N) is 1. The number of ether oxygens (including phenoxy) is 1. The predicted molar refractivity (Wildman–Crippen MR) is 85.9 cm³/mol. The van der Waals surface area contributed by atoms with Crippen molar-refractivity contribution in [3.8, 4) is 5.75 Å². The number of rotatable bonds is 5. The molecule has 0 aliphatic carbocycles. The van der Waals surface area contributed by atoms with Crippen molar-refractivity contribution in [2.45, 2.75) is 36.6 Å². The van der Waals surface area contributed by atoms with E-state index in [0.29, 0.717) is 34.6 Å². The van der Waals surface area contributed by atoms with Crippen LogP contribution in [0.25, 0.3) is 0 Å². The highest BCUT2D eigenvalue weighted by Gasteiger charge is 2.33. The second kappa shape index (κ2) is 7.09. The minimum atomic E-state index is -3.49. The Morgan fingerprint density at radius 3 is 2.81 bits per heavy atom. The monoisotopic (exact) mass is 376 g/mol. The molecule has 118 valence electrons. The van der Waals surface area contributed by atoms with Crippen LogP contribution in [0.2, 0.25) is 0 Å². The summed E-state index contributed by atoms with van der Waals surface area (Å²) in [5.41, 5.74) is 5.62. The number of benzene rings is 1. The zero-order valence-corrected chi connectivity index (χ0v) is 14.5. The molecular formula is C14H21BrN2O3S. The van der Waals surface area contributed by atoms with Crippen LogP contribution in [0, 0.1) is 0 Å². The molecule has 0 amide bonds. The van der Waals surface area contributed by atoms with Crippen molar-refractivity contribution in [2.75, 3.05) is 20.2 Å². The average molecular weight is 377 g/mol. The largest absolute Gasteiger partial charge is 0.496 e. The van der Waals surface area contributed by atoms with E-state index >= 15 is 0 Å². The maximum Gasteiger partial charge on any atom is 0.243 e. The number of hydrogen-bond acceptors (Lipinski definition) is 4. The molecule has 1 heterocycles. The molecule has 1 fully saturated rings. The van der Waals surface area contributed by atoms with Crippen LogP contribution < -0.4 is 10.5 Å². The first-order valence-electron chi connectivity index (χ1n) is 7.06. The van der Waals surface area contributed by atoms with Crippen LogP contribution in [-0.4, -0.2) is 39.0 Å². The summed E-state index contributed by atoms with van der Waals surface area (Å²) in [7, 11) is -1.94. The molecule has 0 radical (unpaired) electrons. The van der Waals surface area contributed by atoms with Crippen LogP contribution in [0.5, 0.6) is 5.75 Å². The van der Waals surface area contributed by atoms with Crippen LogP contribution in [0.4, 0.5) is 0 Å². The fourth-order valence-corrected chi connectivity index (χ4v) is 5.16. The fourth-order valence-electron chi connectivity index (χ4n) is 2.71. The molecular weight excluding hydrogens is 356 g/mol. The lowest BCUT2D eigenvalue weighted by Crippen LogP contribution is -2.44. The van der Waals surface area contributed by atoms with Gasteiger partial charge in [0.15, 0.2) is 0 Å². The topological polar surface area (TPSA) is 72.6 Å². The number of piperidine rings is 1. The lowest BCUT2D eigenvalue weighted by atomic mass is 10.0. The first kappa shape index (κ1) is 16.7.